The smallest absolute Gasteiger partial charge is 0.155 e. The fourth-order valence-electron chi connectivity index (χ4n) is 6.21. The molecular weight excluding hydrogens is 244 g/mol. The van der Waals surface area contributed by atoms with Gasteiger partial charge in [-0.1, -0.05) is 25.8 Å². The summed E-state index contributed by atoms with van der Waals surface area (Å²) in [5.41, 5.74) is 2.41. The molecule has 0 heterocycles. The first-order chi connectivity index (χ1) is 9.53. The molecule has 0 aromatic rings. The summed E-state index contributed by atoms with van der Waals surface area (Å²) in [6.45, 7) is 5.01. The standard InChI is InChI=1S/C19H27O/c1-18-9-3-4-16(18)15-6-5-13-12-14(20)7-11-19(13,2)17(15)8-10-18/h6,12,15-17H,3-5,7-11H2,1-2H3/t15-,16-,17+,18-,19-/m0/s1. The molecule has 3 saturated carbocycles. The van der Waals surface area contributed by atoms with Gasteiger partial charge >= 0.3 is 0 Å². The lowest BCUT2D eigenvalue weighted by Crippen LogP contribution is -2.49. The molecule has 0 aromatic carbocycles. The lowest BCUT2D eigenvalue weighted by Gasteiger charge is -2.57. The Balaban J connectivity index is 1.69. The molecule has 1 heteroatoms. The first-order valence-corrected chi connectivity index (χ1v) is 8.60. The van der Waals surface area contributed by atoms with E-state index in [-0.39, 0.29) is 0 Å². The van der Waals surface area contributed by atoms with Crippen molar-refractivity contribution < 1.29 is 4.79 Å². The Labute approximate surface area is 123 Å². The van der Waals surface area contributed by atoms with Crippen LogP contribution in [0.2, 0.25) is 0 Å². The van der Waals surface area contributed by atoms with Crippen LogP contribution in [0.15, 0.2) is 11.6 Å². The maximum atomic E-state index is 11.8. The molecule has 0 aliphatic heterocycles. The van der Waals surface area contributed by atoms with E-state index in [1.54, 1.807) is 0 Å². The zero-order chi connectivity index (χ0) is 14.0. The minimum Gasteiger partial charge on any atom is -0.295 e. The Morgan fingerprint density at radius 1 is 1.10 bits per heavy atom. The van der Waals surface area contributed by atoms with Crippen LogP contribution >= 0.6 is 0 Å². The second kappa shape index (κ2) is 4.21. The molecule has 0 unspecified atom stereocenters. The highest BCUT2D eigenvalue weighted by molar-refractivity contribution is 5.91. The minimum atomic E-state index is 0.331. The molecule has 0 bridgehead atoms. The van der Waals surface area contributed by atoms with Gasteiger partial charge in [0.15, 0.2) is 5.78 Å². The number of ketones is 1. The van der Waals surface area contributed by atoms with Crippen LogP contribution in [-0.4, -0.2) is 5.78 Å². The maximum absolute atomic E-state index is 11.8. The largest absolute Gasteiger partial charge is 0.295 e. The van der Waals surface area contributed by atoms with Gasteiger partial charge in [0, 0.05) is 6.42 Å². The molecule has 0 saturated heterocycles. The quantitative estimate of drug-likeness (QED) is 0.623. The van der Waals surface area contributed by atoms with Gasteiger partial charge in [-0.2, -0.15) is 0 Å². The van der Waals surface area contributed by atoms with Crippen molar-refractivity contribution in [1.82, 2.24) is 0 Å². The Hall–Kier alpha value is -0.590. The van der Waals surface area contributed by atoms with Gasteiger partial charge in [0.25, 0.3) is 0 Å². The van der Waals surface area contributed by atoms with Crippen LogP contribution in [-0.2, 0) is 4.79 Å². The maximum Gasteiger partial charge on any atom is 0.155 e. The van der Waals surface area contributed by atoms with Gasteiger partial charge in [-0.3, -0.25) is 4.79 Å². The Morgan fingerprint density at radius 3 is 2.80 bits per heavy atom. The summed E-state index contributed by atoms with van der Waals surface area (Å²) >= 11 is 0. The second-order valence-corrected chi connectivity index (χ2v) is 8.37. The summed E-state index contributed by atoms with van der Waals surface area (Å²) < 4.78 is 0. The molecule has 5 atom stereocenters. The van der Waals surface area contributed by atoms with Crippen molar-refractivity contribution in [3.8, 4) is 0 Å². The number of carbonyl (C=O) groups excluding carboxylic acids is 1. The SMILES string of the molecule is C[C@@]12CCC[C@H]1[C@@H]1[CH]CC3=CC(=O)CC[C@]3(C)[C@@H]1CC2. The molecule has 109 valence electrons. The predicted octanol–water partition coefficient (Wildman–Crippen LogP) is 4.72. The van der Waals surface area contributed by atoms with Gasteiger partial charge in [0.2, 0.25) is 0 Å². The van der Waals surface area contributed by atoms with Crippen LogP contribution in [0, 0.1) is 35.0 Å². The average molecular weight is 271 g/mol. The van der Waals surface area contributed by atoms with Gasteiger partial charge < -0.3 is 0 Å². The van der Waals surface area contributed by atoms with Gasteiger partial charge in [-0.05, 0) is 79.6 Å². The first kappa shape index (κ1) is 13.1. The number of rotatable bonds is 0. The molecule has 0 spiro atoms. The van der Waals surface area contributed by atoms with Gasteiger partial charge in [0.05, 0.1) is 0 Å². The number of fused-ring (bicyclic) bond motifs is 5. The first-order valence-electron chi connectivity index (χ1n) is 8.60. The lowest BCUT2D eigenvalue weighted by atomic mass is 9.47. The summed E-state index contributed by atoms with van der Waals surface area (Å²) in [5.74, 6) is 2.93. The van der Waals surface area contributed by atoms with E-state index < -0.39 is 0 Å². The summed E-state index contributed by atoms with van der Waals surface area (Å²) in [5, 5.41) is 0. The van der Waals surface area contributed by atoms with E-state index in [1.807, 2.05) is 6.08 Å². The van der Waals surface area contributed by atoms with Crippen LogP contribution in [0.25, 0.3) is 0 Å². The van der Waals surface area contributed by atoms with Gasteiger partial charge in [-0.15, -0.1) is 0 Å². The molecule has 3 fully saturated rings. The predicted molar refractivity (Wildman–Crippen MR) is 81.0 cm³/mol. The third kappa shape index (κ3) is 1.64. The Bertz CT molecular complexity index is 476. The highest BCUT2D eigenvalue weighted by Crippen LogP contribution is 2.64. The molecular formula is C19H27O. The van der Waals surface area contributed by atoms with Crippen molar-refractivity contribution in [3.05, 3.63) is 18.1 Å². The highest BCUT2D eigenvalue weighted by Gasteiger charge is 2.56. The van der Waals surface area contributed by atoms with Gasteiger partial charge in [-0.25, -0.2) is 0 Å². The molecule has 4 rings (SSSR count). The third-order valence-electron chi connectivity index (χ3n) is 7.50. The molecule has 0 aromatic heterocycles. The zero-order valence-electron chi connectivity index (χ0n) is 13.0. The third-order valence-corrected chi connectivity index (χ3v) is 7.50. The summed E-state index contributed by atoms with van der Waals surface area (Å²) in [4.78, 5) is 11.8. The molecule has 4 aliphatic carbocycles. The Kier molecular flexibility index (Phi) is 2.76. The van der Waals surface area contributed by atoms with E-state index in [1.165, 1.54) is 37.7 Å². The van der Waals surface area contributed by atoms with Crippen LogP contribution in [0.3, 0.4) is 0 Å². The number of hydrogen-bond donors (Lipinski definition) is 0. The van der Waals surface area contributed by atoms with Crippen LogP contribution in [0.4, 0.5) is 0 Å². The number of carbonyl (C=O) groups is 1. The Morgan fingerprint density at radius 2 is 1.95 bits per heavy atom. The summed E-state index contributed by atoms with van der Waals surface area (Å²) in [6, 6.07) is 0. The van der Waals surface area contributed by atoms with Crippen LogP contribution in [0.1, 0.15) is 65.2 Å². The van der Waals surface area contributed by atoms with E-state index >= 15 is 0 Å². The van der Waals surface area contributed by atoms with Crippen LogP contribution < -0.4 is 0 Å². The summed E-state index contributed by atoms with van der Waals surface area (Å²) in [6.07, 6.45) is 14.7. The average Bonchev–Trinajstić information content (AvgIpc) is 2.81. The fourth-order valence-corrected chi connectivity index (χ4v) is 6.21. The second-order valence-electron chi connectivity index (χ2n) is 8.37. The van der Waals surface area contributed by atoms with E-state index in [4.69, 9.17) is 0 Å². The van der Waals surface area contributed by atoms with E-state index in [0.29, 0.717) is 16.6 Å². The molecule has 4 aliphatic rings. The molecule has 20 heavy (non-hydrogen) atoms. The molecule has 0 N–H and O–H groups in total. The lowest BCUT2D eigenvalue weighted by molar-refractivity contribution is -0.116. The minimum absolute atomic E-state index is 0.331. The molecule has 0 amide bonds. The van der Waals surface area contributed by atoms with E-state index in [9.17, 15) is 4.79 Å². The van der Waals surface area contributed by atoms with E-state index in [0.717, 1.165) is 37.0 Å². The van der Waals surface area contributed by atoms with Crippen molar-refractivity contribution in [1.29, 1.82) is 0 Å². The number of allylic oxidation sites excluding steroid dienone is 1. The topological polar surface area (TPSA) is 17.1 Å². The summed E-state index contributed by atoms with van der Waals surface area (Å²) in [7, 11) is 0. The number of hydrogen-bond acceptors (Lipinski definition) is 1. The van der Waals surface area contributed by atoms with Crippen molar-refractivity contribution in [2.24, 2.45) is 28.6 Å². The van der Waals surface area contributed by atoms with E-state index in [2.05, 4.69) is 20.3 Å². The fraction of sp³-hybridized carbons (Fsp3) is 0.789. The molecule has 1 radical (unpaired) electrons. The normalized spacial score (nSPS) is 51.0. The highest BCUT2D eigenvalue weighted by atomic mass is 16.1. The zero-order valence-corrected chi connectivity index (χ0v) is 13.0. The molecule has 1 nitrogen and oxygen atoms in total. The van der Waals surface area contributed by atoms with Crippen molar-refractivity contribution in [3.63, 3.8) is 0 Å². The van der Waals surface area contributed by atoms with Crippen molar-refractivity contribution in [2.75, 3.05) is 0 Å². The monoisotopic (exact) mass is 271 g/mol. The van der Waals surface area contributed by atoms with Crippen molar-refractivity contribution in [2.45, 2.75) is 65.2 Å². The van der Waals surface area contributed by atoms with Gasteiger partial charge in [0.1, 0.15) is 0 Å². The van der Waals surface area contributed by atoms with Crippen LogP contribution in [0.5, 0.6) is 0 Å². The van der Waals surface area contributed by atoms with Crippen molar-refractivity contribution >= 4 is 5.78 Å².